The fourth-order valence-electron chi connectivity index (χ4n) is 6.06. The molecule has 0 unspecified atom stereocenters. The molecule has 8 nitrogen and oxygen atoms in total. The van der Waals surface area contributed by atoms with E-state index >= 15 is 0 Å². The monoisotopic (exact) mass is 620 g/mol. The highest BCUT2D eigenvalue weighted by Crippen LogP contribution is 2.45. The van der Waals surface area contributed by atoms with Gasteiger partial charge in [-0.15, -0.1) is 0 Å². The SMILES string of the molecule is Cc1cc2c(c(-c3ccc(Cl)cc3)c1[C@H](OC(C)(C)C)C(=O)O)CC(c1ccnc(-c3ccc4nn(C5COC5)cc4c3)c1)=N2. The van der Waals surface area contributed by atoms with Crippen molar-refractivity contribution in [1.82, 2.24) is 14.8 Å². The highest BCUT2D eigenvalue weighted by molar-refractivity contribution is 6.30. The smallest absolute Gasteiger partial charge is 0.337 e. The van der Waals surface area contributed by atoms with Crippen molar-refractivity contribution in [1.29, 1.82) is 0 Å². The lowest BCUT2D eigenvalue weighted by Crippen LogP contribution is -2.30. The minimum absolute atomic E-state index is 0.289. The van der Waals surface area contributed by atoms with Crippen molar-refractivity contribution in [2.75, 3.05) is 13.2 Å². The maximum atomic E-state index is 12.7. The molecular weight excluding hydrogens is 588 g/mol. The first-order valence-electron chi connectivity index (χ1n) is 15.0. The molecule has 2 aliphatic heterocycles. The van der Waals surface area contributed by atoms with Gasteiger partial charge in [0.15, 0.2) is 6.10 Å². The topological polar surface area (TPSA) is 98.8 Å². The molecule has 0 radical (unpaired) electrons. The van der Waals surface area contributed by atoms with E-state index in [-0.39, 0.29) is 6.04 Å². The van der Waals surface area contributed by atoms with Gasteiger partial charge in [-0.3, -0.25) is 14.7 Å². The van der Waals surface area contributed by atoms with E-state index in [0.29, 0.717) is 30.2 Å². The van der Waals surface area contributed by atoms with Crippen LogP contribution in [-0.2, 0) is 20.7 Å². The average Bonchev–Trinajstić information content (AvgIpc) is 3.58. The zero-order valence-electron chi connectivity index (χ0n) is 25.5. The molecule has 1 atom stereocenters. The summed E-state index contributed by atoms with van der Waals surface area (Å²) in [5.74, 6) is -1.04. The van der Waals surface area contributed by atoms with Crippen LogP contribution >= 0.6 is 11.6 Å². The van der Waals surface area contributed by atoms with Crippen molar-refractivity contribution in [2.24, 2.45) is 4.99 Å². The summed E-state index contributed by atoms with van der Waals surface area (Å²) in [4.78, 5) is 22.4. The predicted molar refractivity (Wildman–Crippen MR) is 176 cm³/mol. The molecule has 4 heterocycles. The Morgan fingerprint density at radius 2 is 1.80 bits per heavy atom. The summed E-state index contributed by atoms with van der Waals surface area (Å²) in [5.41, 5.74) is 8.86. The Hall–Kier alpha value is -4.37. The zero-order valence-corrected chi connectivity index (χ0v) is 26.3. The third-order valence-corrected chi connectivity index (χ3v) is 8.51. The minimum Gasteiger partial charge on any atom is -0.479 e. The van der Waals surface area contributed by atoms with Crippen molar-refractivity contribution >= 4 is 39.9 Å². The molecule has 9 heteroatoms. The molecule has 1 fully saturated rings. The number of rotatable bonds is 7. The van der Waals surface area contributed by atoms with Gasteiger partial charge in [0.1, 0.15) is 0 Å². The van der Waals surface area contributed by atoms with Gasteiger partial charge in [-0.25, -0.2) is 4.79 Å². The number of pyridine rings is 1. The molecule has 1 saturated heterocycles. The van der Waals surface area contributed by atoms with Crippen molar-refractivity contribution < 1.29 is 19.4 Å². The lowest BCUT2D eigenvalue weighted by molar-refractivity contribution is -0.160. The average molecular weight is 621 g/mol. The van der Waals surface area contributed by atoms with Gasteiger partial charge in [0.25, 0.3) is 0 Å². The summed E-state index contributed by atoms with van der Waals surface area (Å²) in [6, 6.07) is 20.0. The molecule has 3 aromatic carbocycles. The van der Waals surface area contributed by atoms with E-state index in [4.69, 9.17) is 31.2 Å². The van der Waals surface area contributed by atoms with E-state index in [9.17, 15) is 9.90 Å². The third-order valence-electron chi connectivity index (χ3n) is 8.25. The number of fused-ring (bicyclic) bond motifs is 2. The van der Waals surface area contributed by atoms with Crippen LogP contribution in [0.3, 0.4) is 0 Å². The summed E-state index contributed by atoms with van der Waals surface area (Å²) >= 11 is 6.26. The first-order chi connectivity index (χ1) is 21.5. The van der Waals surface area contributed by atoms with E-state index < -0.39 is 17.7 Å². The van der Waals surface area contributed by atoms with E-state index in [1.807, 2.05) is 87.1 Å². The van der Waals surface area contributed by atoms with Crippen LogP contribution < -0.4 is 0 Å². The summed E-state index contributed by atoms with van der Waals surface area (Å²) in [6.45, 7) is 8.90. The maximum absolute atomic E-state index is 12.7. The maximum Gasteiger partial charge on any atom is 0.337 e. The fourth-order valence-corrected chi connectivity index (χ4v) is 6.19. The first kappa shape index (κ1) is 29.3. The van der Waals surface area contributed by atoms with Crippen molar-refractivity contribution in [2.45, 2.75) is 51.9 Å². The summed E-state index contributed by atoms with van der Waals surface area (Å²) < 4.78 is 13.5. The van der Waals surface area contributed by atoms with Crippen molar-refractivity contribution in [3.63, 3.8) is 0 Å². The molecule has 5 aromatic rings. The number of hydrogen-bond acceptors (Lipinski definition) is 6. The molecule has 2 aromatic heterocycles. The van der Waals surface area contributed by atoms with Crippen LogP contribution in [0, 0.1) is 6.92 Å². The van der Waals surface area contributed by atoms with Crippen LogP contribution in [0.2, 0.25) is 5.02 Å². The van der Waals surface area contributed by atoms with Gasteiger partial charge in [-0.05, 0) is 98.0 Å². The number of ether oxygens (including phenoxy) is 2. The van der Waals surface area contributed by atoms with Crippen LogP contribution in [0.5, 0.6) is 0 Å². The predicted octanol–water partition coefficient (Wildman–Crippen LogP) is 7.92. The third kappa shape index (κ3) is 5.65. The normalized spacial score (nSPS) is 15.5. The number of benzene rings is 3. The molecule has 7 rings (SSSR count). The Kier molecular flexibility index (Phi) is 7.31. The second kappa shape index (κ2) is 11.2. The largest absolute Gasteiger partial charge is 0.479 e. The number of carboxylic acids is 1. The quantitative estimate of drug-likeness (QED) is 0.198. The van der Waals surface area contributed by atoms with Crippen LogP contribution in [-0.4, -0.2) is 50.4 Å². The summed E-state index contributed by atoms with van der Waals surface area (Å²) in [7, 11) is 0. The Morgan fingerprint density at radius 1 is 1.04 bits per heavy atom. The number of carbonyl (C=O) groups is 1. The first-order valence-corrected chi connectivity index (χ1v) is 15.4. The molecule has 45 heavy (non-hydrogen) atoms. The number of aromatic nitrogens is 3. The van der Waals surface area contributed by atoms with Crippen LogP contribution in [0.25, 0.3) is 33.3 Å². The highest BCUT2D eigenvalue weighted by Gasteiger charge is 2.34. The molecule has 2 aliphatic rings. The number of nitrogens with zero attached hydrogens (tertiary/aromatic N) is 4. The van der Waals surface area contributed by atoms with E-state index in [1.54, 1.807) is 0 Å². The molecular formula is C36H33ClN4O4. The Bertz CT molecular complexity index is 1990. The standard InChI is InChI=1S/C36H33ClN4O4/c1-20-13-31-27(33(21-5-8-25(37)9-6-21)32(20)34(35(42)43)45-36(2,3)4)16-30(39-31)23-11-12-38-29(15-23)22-7-10-28-24(14-22)17-41(40-28)26-18-44-19-26/h5-15,17,26,34H,16,18-19H2,1-4H3,(H,42,43)/t34-/m0/s1. The Labute approximate surface area is 266 Å². The van der Waals surface area contributed by atoms with Crippen molar-refractivity contribution in [3.8, 4) is 22.4 Å². The highest BCUT2D eigenvalue weighted by atomic mass is 35.5. The molecule has 0 saturated carbocycles. The van der Waals surface area contributed by atoms with Crippen molar-refractivity contribution in [3.05, 3.63) is 100 Å². The number of hydrogen-bond donors (Lipinski definition) is 1. The van der Waals surface area contributed by atoms with E-state index in [2.05, 4.69) is 23.3 Å². The second-order valence-corrected chi connectivity index (χ2v) is 13.1. The number of halogens is 1. The Morgan fingerprint density at radius 3 is 2.49 bits per heavy atom. The van der Waals surface area contributed by atoms with Gasteiger partial charge >= 0.3 is 5.97 Å². The number of aryl methyl sites for hydroxylation is 1. The van der Waals surface area contributed by atoms with Gasteiger partial charge < -0.3 is 14.6 Å². The number of aliphatic carboxylic acids is 1. The number of carboxylic acid groups (broad SMARTS) is 1. The van der Waals surface area contributed by atoms with Gasteiger partial charge in [-0.1, -0.05) is 29.8 Å². The van der Waals surface area contributed by atoms with Crippen LogP contribution in [0.1, 0.15) is 55.2 Å². The van der Waals surface area contributed by atoms with Gasteiger partial charge in [0, 0.05) is 40.4 Å². The van der Waals surface area contributed by atoms with Gasteiger partial charge in [0.05, 0.1) is 47.5 Å². The number of aliphatic imine (C=N–C) groups is 1. The van der Waals surface area contributed by atoms with Crippen LogP contribution in [0.15, 0.2) is 78.0 Å². The lowest BCUT2D eigenvalue weighted by Gasteiger charge is -2.28. The van der Waals surface area contributed by atoms with Crippen LogP contribution in [0.4, 0.5) is 5.69 Å². The zero-order chi connectivity index (χ0) is 31.5. The fraction of sp³-hybridized carbons (Fsp3) is 0.278. The molecule has 0 spiro atoms. The lowest BCUT2D eigenvalue weighted by atomic mass is 9.86. The Balaban J connectivity index is 1.28. The minimum atomic E-state index is -1.16. The van der Waals surface area contributed by atoms with E-state index in [1.165, 1.54) is 0 Å². The summed E-state index contributed by atoms with van der Waals surface area (Å²) in [5, 5.41) is 16.7. The summed E-state index contributed by atoms with van der Waals surface area (Å²) in [6.07, 6.45) is 3.25. The van der Waals surface area contributed by atoms with Gasteiger partial charge in [0.2, 0.25) is 0 Å². The molecule has 1 N–H and O–H groups in total. The second-order valence-electron chi connectivity index (χ2n) is 12.7. The molecule has 0 bridgehead atoms. The molecule has 0 aliphatic carbocycles. The van der Waals surface area contributed by atoms with Gasteiger partial charge in [-0.2, -0.15) is 5.10 Å². The molecule has 0 amide bonds. The molecule has 228 valence electrons. The van der Waals surface area contributed by atoms with E-state index in [0.717, 1.165) is 61.4 Å².